The fraction of sp³-hybridized carbons (Fsp3) is 0.556. The third kappa shape index (κ3) is 2.03. The van der Waals surface area contributed by atoms with E-state index in [1.54, 1.807) is 4.90 Å². The second-order valence-corrected chi connectivity index (χ2v) is 3.99. The Bertz CT molecular complexity index is 335. The van der Waals surface area contributed by atoms with Crippen molar-refractivity contribution in [2.75, 3.05) is 0 Å². The van der Waals surface area contributed by atoms with Crippen molar-refractivity contribution >= 4 is 0 Å². The van der Waals surface area contributed by atoms with Crippen LogP contribution < -0.4 is 5.73 Å². The SMILES string of the molecule is C=C1OC(C)(C)C(C)N1/C=C(\N)[N+](=O)[O-]. The van der Waals surface area contributed by atoms with Gasteiger partial charge in [0.15, 0.2) is 5.88 Å². The molecule has 0 spiro atoms. The average molecular weight is 213 g/mol. The van der Waals surface area contributed by atoms with Crippen molar-refractivity contribution in [2.45, 2.75) is 32.4 Å². The van der Waals surface area contributed by atoms with Gasteiger partial charge in [-0.25, -0.2) is 0 Å². The van der Waals surface area contributed by atoms with Crippen LogP contribution >= 0.6 is 0 Å². The number of ether oxygens (including phenoxy) is 1. The van der Waals surface area contributed by atoms with Gasteiger partial charge in [0.25, 0.3) is 0 Å². The van der Waals surface area contributed by atoms with E-state index in [0.29, 0.717) is 5.88 Å². The molecule has 1 fully saturated rings. The summed E-state index contributed by atoms with van der Waals surface area (Å²) in [5.41, 5.74) is 4.81. The van der Waals surface area contributed by atoms with Crippen LogP contribution in [0.2, 0.25) is 0 Å². The highest BCUT2D eigenvalue weighted by atomic mass is 16.6. The Morgan fingerprint density at radius 1 is 1.80 bits per heavy atom. The zero-order valence-electron chi connectivity index (χ0n) is 9.06. The van der Waals surface area contributed by atoms with Crippen molar-refractivity contribution in [3.63, 3.8) is 0 Å². The van der Waals surface area contributed by atoms with E-state index in [4.69, 9.17) is 10.5 Å². The summed E-state index contributed by atoms with van der Waals surface area (Å²) >= 11 is 0. The molecule has 0 radical (unpaired) electrons. The lowest BCUT2D eigenvalue weighted by Crippen LogP contribution is -2.36. The third-order valence-electron chi connectivity index (χ3n) is 2.57. The van der Waals surface area contributed by atoms with Crippen LogP contribution in [0.3, 0.4) is 0 Å². The number of nitrogens with two attached hydrogens (primary N) is 1. The third-order valence-corrected chi connectivity index (χ3v) is 2.57. The van der Waals surface area contributed by atoms with Crippen LogP contribution in [0, 0.1) is 10.1 Å². The lowest BCUT2D eigenvalue weighted by atomic mass is 10.0. The minimum atomic E-state index is -0.648. The van der Waals surface area contributed by atoms with E-state index in [9.17, 15) is 10.1 Å². The molecule has 2 N–H and O–H groups in total. The smallest absolute Gasteiger partial charge is 0.330 e. The fourth-order valence-electron chi connectivity index (χ4n) is 1.37. The van der Waals surface area contributed by atoms with Crippen LogP contribution in [0.5, 0.6) is 0 Å². The predicted octanol–water partition coefficient (Wildman–Crippen LogP) is 0.991. The largest absolute Gasteiger partial charge is 0.471 e. The zero-order valence-corrected chi connectivity index (χ0v) is 9.06. The first-order valence-electron chi connectivity index (χ1n) is 4.53. The van der Waals surface area contributed by atoms with E-state index in [-0.39, 0.29) is 6.04 Å². The number of rotatable bonds is 2. The monoisotopic (exact) mass is 213 g/mol. The normalized spacial score (nSPS) is 25.3. The van der Waals surface area contributed by atoms with Crippen molar-refractivity contribution < 1.29 is 9.66 Å². The maximum atomic E-state index is 10.4. The van der Waals surface area contributed by atoms with E-state index in [1.165, 1.54) is 6.20 Å². The van der Waals surface area contributed by atoms with Crippen molar-refractivity contribution in [1.29, 1.82) is 0 Å². The molecular weight excluding hydrogens is 198 g/mol. The summed E-state index contributed by atoms with van der Waals surface area (Å²) in [5, 5.41) is 10.4. The molecule has 15 heavy (non-hydrogen) atoms. The molecule has 6 heteroatoms. The Morgan fingerprint density at radius 2 is 2.33 bits per heavy atom. The van der Waals surface area contributed by atoms with Gasteiger partial charge in [0.2, 0.25) is 0 Å². The summed E-state index contributed by atoms with van der Waals surface area (Å²) in [6, 6.07) is -0.0523. The van der Waals surface area contributed by atoms with E-state index < -0.39 is 16.3 Å². The van der Waals surface area contributed by atoms with Gasteiger partial charge in [-0.15, -0.1) is 0 Å². The molecule has 1 atom stereocenters. The Balaban J connectivity index is 2.94. The van der Waals surface area contributed by atoms with E-state index >= 15 is 0 Å². The second-order valence-electron chi connectivity index (χ2n) is 3.99. The van der Waals surface area contributed by atoms with Gasteiger partial charge in [0.1, 0.15) is 11.8 Å². The van der Waals surface area contributed by atoms with Crippen LogP contribution in [0.1, 0.15) is 20.8 Å². The molecule has 1 aliphatic heterocycles. The van der Waals surface area contributed by atoms with Crippen LogP contribution in [-0.4, -0.2) is 21.5 Å². The molecule has 0 saturated carbocycles. The molecule has 84 valence electrons. The molecule has 1 aliphatic rings. The molecule has 0 bridgehead atoms. The Kier molecular flexibility index (Phi) is 2.61. The summed E-state index contributed by atoms with van der Waals surface area (Å²) in [7, 11) is 0. The molecule has 1 saturated heterocycles. The quantitative estimate of drug-likeness (QED) is 0.546. The highest BCUT2D eigenvalue weighted by molar-refractivity contribution is 5.09. The summed E-state index contributed by atoms with van der Waals surface area (Å²) in [6.45, 7) is 9.34. The number of nitro groups is 1. The lowest BCUT2D eigenvalue weighted by Gasteiger charge is -2.23. The molecule has 1 rings (SSSR count). The lowest BCUT2D eigenvalue weighted by molar-refractivity contribution is -0.427. The van der Waals surface area contributed by atoms with E-state index in [0.717, 1.165) is 0 Å². The van der Waals surface area contributed by atoms with Gasteiger partial charge in [-0.2, -0.15) is 0 Å². The summed E-state index contributed by atoms with van der Waals surface area (Å²) in [6.07, 6.45) is 1.24. The van der Waals surface area contributed by atoms with Crippen molar-refractivity contribution in [2.24, 2.45) is 5.73 Å². The first-order chi connectivity index (χ1) is 6.75. The maximum absolute atomic E-state index is 10.4. The summed E-state index contributed by atoms with van der Waals surface area (Å²) in [4.78, 5) is 11.3. The first-order valence-corrected chi connectivity index (χ1v) is 4.53. The molecular formula is C9H15N3O3. The average Bonchev–Trinajstić information content (AvgIpc) is 2.27. The van der Waals surface area contributed by atoms with Gasteiger partial charge in [-0.1, -0.05) is 0 Å². The Morgan fingerprint density at radius 3 is 2.67 bits per heavy atom. The van der Waals surface area contributed by atoms with Crippen molar-refractivity contribution in [3.05, 3.63) is 34.6 Å². The summed E-state index contributed by atoms with van der Waals surface area (Å²) in [5.74, 6) is -0.0541. The second kappa shape index (κ2) is 3.45. The Labute approximate surface area is 88.1 Å². The minimum absolute atomic E-state index is 0.0523. The minimum Gasteiger partial charge on any atom is -0.471 e. The number of hydrogen-bond donors (Lipinski definition) is 1. The van der Waals surface area contributed by atoms with Gasteiger partial charge < -0.3 is 19.8 Å². The van der Waals surface area contributed by atoms with E-state index in [1.807, 2.05) is 20.8 Å². The van der Waals surface area contributed by atoms with Gasteiger partial charge >= 0.3 is 5.82 Å². The fourth-order valence-corrected chi connectivity index (χ4v) is 1.37. The van der Waals surface area contributed by atoms with Crippen molar-refractivity contribution in [3.8, 4) is 0 Å². The highest BCUT2D eigenvalue weighted by Gasteiger charge is 2.41. The molecule has 0 aromatic heterocycles. The van der Waals surface area contributed by atoms with Crippen LogP contribution in [0.15, 0.2) is 24.5 Å². The van der Waals surface area contributed by atoms with E-state index in [2.05, 4.69) is 6.58 Å². The van der Waals surface area contributed by atoms with Gasteiger partial charge in [0, 0.05) is 0 Å². The van der Waals surface area contributed by atoms with Gasteiger partial charge in [-0.3, -0.25) is 5.73 Å². The van der Waals surface area contributed by atoms with Crippen LogP contribution in [0.25, 0.3) is 0 Å². The van der Waals surface area contributed by atoms with Gasteiger partial charge in [-0.05, 0) is 32.3 Å². The van der Waals surface area contributed by atoms with Crippen molar-refractivity contribution in [1.82, 2.24) is 4.90 Å². The highest BCUT2D eigenvalue weighted by Crippen LogP contribution is 2.33. The van der Waals surface area contributed by atoms with Crippen LogP contribution in [0.4, 0.5) is 0 Å². The summed E-state index contributed by atoms with van der Waals surface area (Å²) < 4.78 is 5.46. The topological polar surface area (TPSA) is 81.6 Å². The molecule has 6 nitrogen and oxygen atoms in total. The molecule has 0 aliphatic carbocycles. The Hall–Kier alpha value is -1.72. The number of hydrogen-bond acceptors (Lipinski definition) is 5. The van der Waals surface area contributed by atoms with Gasteiger partial charge in [0.05, 0.1) is 6.04 Å². The predicted molar refractivity (Wildman–Crippen MR) is 54.9 cm³/mol. The zero-order chi connectivity index (χ0) is 11.8. The molecule has 0 aromatic carbocycles. The van der Waals surface area contributed by atoms with Crippen LogP contribution in [-0.2, 0) is 4.74 Å². The maximum Gasteiger partial charge on any atom is 0.330 e. The molecule has 0 amide bonds. The standard InChI is InChI=1S/C9H15N3O3/c1-6-9(3,4)15-7(2)11(6)5-8(10)12(13)14/h5-6H,2,10H2,1,3-4H3/b8-5+. The molecule has 0 aromatic rings. The number of nitrogens with zero attached hydrogens (tertiary/aromatic N) is 2. The molecule has 1 heterocycles. The first kappa shape index (κ1) is 11.4. The molecule has 1 unspecified atom stereocenters.